The molecule has 0 amide bonds. The number of fused-ring (bicyclic) bond motifs is 1. The van der Waals surface area contributed by atoms with Gasteiger partial charge in [0.15, 0.2) is 0 Å². The summed E-state index contributed by atoms with van der Waals surface area (Å²) in [5, 5.41) is 6.03. The van der Waals surface area contributed by atoms with E-state index in [0.29, 0.717) is 0 Å². The molecule has 4 aromatic rings. The van der Waals surface area contributed by atoms with Gasteiger partial charge in [0.25, 0.3) is 0 Å². The van der Waals surface area contributed by atoms with Crippen molar-refractivity contribution in [1.82, 2.24) is 9.78 Å². The van der Waals surface area contributed by atoms with Crippen molar-refractivity contribution < 1.29 is 0 Å². The van der Waals surface area contributed by atoms with Crippen LogP contribution in [0, 0.1) is 0 Å². The molecule has 0 saturated carbocycles. The molecule has 0 radical (unpaired) electrons. The van der Waals surface area contributed by atoms with Gasteiger partial charge in [0.2, 0.25) is 0 Å². The maximum Gasteiger partial charge on any atom is 0.101 e. The first-order valence-electron chi connectivity index (χ1n) is 7.12. The van der Waals surface area contributed by atoms with Crippen LogP contribution in [0.2, 0.25) is 0 Å². The van der Waals surface area contributed by atoms with Gasteiger partial charge in [-0.25, -0.2) is 4.68 Å². The molecule has 0 spiro atoms. The molecule has 0 fully saturated rings. The fourth-order valence-corrected chi connectivity index (χ4v) is 3.07. The normalized spacial score (nSPS) is 11.0. The van der Waals surface area contributed by atoms with Crippen molar-refractivity contribution in [3.8, 4) is 16.9 Å². The van der Waals surface area contributed by atoms with E-state index in [1.165, 1.54) is 0 Å². The van der Waals surface area contributed by atoms with Gasteiger partial charge in [0.1, 0.15) is 5.69 Å². The molecule has 0 unspecified atom stereocenters. The van der Waals surface area contributed by atoms with Gasteiger partial charge in [-0.1, -0.05) is 70.5 Å². The Morgan fingerprint density at radius 3 is 2.36 bits per heavy atom. The lowest BCUT2D eigenvalue weighted by Gasteiger charge is -2.03. The molecule has 22 heavy (non-hydrogen) atoms. The molecule has 0 atom stereocenters. The second-order valence-corrected chi connectivity index (χ2v) is 6.04. The highest BCUT2D eigenvalue weighted by atomic mass is 79.9. The van der Waals surface area contributed by atoms with E-state index in [-0.39, 0.29) is 0 Å². The van der Waals surface area contributed by atoms with Crippen molar-refractivity contribution >= 4 is 26.8 Å². The average Bonchev–Trinajstić information content (AvgIpc) is 2.95. The summed E-state index contributed by atoms with van der Waals surface area (Å²) in [4.78, 5) is 0. The summed E-state index contributed by atoms with van der Waals surface area (Å²) in [6.07, 6.45) is 0. The van der Waals surface area contributed by atoms with Gasteiger partial charge in [0.05, 0.1) is 11.2 Å². The van der Waals surface area contributed by atoms with Crippen molar-refractivity contribution in [3.63, 3.8) is 0 Å². The highest BCUT2D eigenvalue weighted by molar-refractivity contribution is 9.10. The van der Waals surface area contributed by atoms with E-state index < -0.39 is 0 Å². The Balaban J connectivity index is 2.01. The zero-order valence-electron chi connectivity index (χ0n) is 11.8. The minimum atomic E-state index is 1.01. The number of nitrogens with zero attached hydrogens (tertiary/aromatic N) is 2. The lowest BCUT2D eigenvalue weighted by molar-refractivity contribution is 0.914. The SMILES string of the molecule is Brc1cccc(-n2nc(-c3ccccc3)c3ccccc32)c1. The Labute approximate surface area is 137 Å². The quantitative estimate of drug-likeness (QED) is 0.470. The van der Waals surface area contributed by atoms with E-state index in [1.807, 2.05) is 41.1 Å². The number of hydrogen-bond acceptors (Lipinski definition) is 1. The van der Waals surface area contributed by atoms with Crippen LogP contribution in [0.4, 0.5) is 0 Å². The molecule has 0 aliphatic carbocycles. The Morgan fingerprint density at radius 2 is 1.55 bits per heavy atom. The molecule has 106 valence electrons. The highest BCUT2D eigenvalue weighted by Crippen LogP contribution is 2.30. The van der Waals surface area contributed by atoms with Gasteiger partial charge in [-0.15, -0.1) is 0 Å². The minimum Gasteiger partial charge on any atom is -0.232 e. The van der Waals surface area contributed by atoms with Crippen LogP contribution >= 0.6 is 15.9 Å². The van der Waals surface area contributed by atoms with Crippen LogP contribution in [0.3, 0.4) is 0 Å². The first kappa shape index (κ1) is 13.3. The molecule has 4 rings (SSSR count). The van der Waals surface area contributed by atoms with Gasteiger partial charge < -0.3 is 0 Å². The van der Waals surface area contributed by atoms with Gasteiger partial charge in [0, 0.05) is 15.4 Å². The largest absolute Gasteiger partial charge is 0.232 e. The third-order valence-corrected chi connectivity index (χ3v) is 4.18. The Kier molecular flexibility index (Phi) is 3.28. The van der Waals surface area contributed by atoms with Gasteiger partial charge in [-0.3, -0.25) is 0 Å². The van der Waals surface area contributed by atoms with Crippen LogP contribution in [-0.4, -0.2) is 9.78 Å². The van der Waals surface area contributed by atoms with Gasteiger partial charge in [-0.2, -0.15) is 5.10 Å². The van der Waals surface area contributed by atoms with E-state index in [1.54, 1.807) is 0 Å². The fourth-order valence-electron chi connectivity index (χ4n) is 2.68. The van der Waals surface area contributed by atoms with E-state index >= 15 is 0 Å². The first-order valence-corrected chi connectivity index (χ1v) is 7.91. The number of para-hydroxylation sites is 1. The third-order valence-electron chi connectivity index (χ3n) is 3.69. The minimum absolute atomic E-state index is 1.01. The highest BCUT2D eigenvalue weighted by Gasteiger charge is 2.12. The second kappa shape index (κ2) is 5.43. The zero-order chi connectivity index (χ0) is 14.9. The molecule has 1 heterocycles. The molecule has 0 saturated heterocycles. The molecular weight excluding hydrogens is 336 g/mol. The molecule has 3 aromatic carbocycles. The van der Waals surface area contributed by atoms with Gasteiger partial charge in [-0.05, 0) is 24.3 Å². The summed E-state index contributed by atoms with van der Waals surface area (Å²) >= 11 is 3.53. The third kappa shape index (κ3) is 2.24. The predicted molar refractivity (Wildman–Crippen MR) is 94.2 cm³/mol. The maximum atomic E-state index is 4.87. The zero-order valence-corrected chi connectivity index (χ0v) is 13.4. The number of rotatable bonds is 2. The van der Waals surface area contributed by atoms with E-state index in [9.17, 15) is 0 Å². The monoisotopic (exact) mass is 348 g/mol. The van der Waals surface area contributed by atoms with Crippen LogP contribution < -0.4 is 0 Å². The van der Waals surface area contributed by atoms with Crippen LogP contribution in [0.15, 0.2) is 83.3 Å². The lowest BCUT2D eigenvalue weighted by atomic mass is 10.1. The standard InChI is InChI=1S/C19H13BrN2/c20-15-9-6-10-16(13-15)22-18-12-5-4-11-17(18)19(21-22)14-7-2-1-3-8-14/h1-13H. The number of halogens is 1. The smallest absolute Gasteiger partial charge is 0.101 e. The summed E-state index contributed by atoms with van der Waals surface area (Å²) in [5.74, 6) is 0. The van der Waals surface area contributed by atoms with Crippen molar-refractivity contribution in [1.29, 1.82) is 0 Å². The number of benzene rings is 3. The topological polar surface area (TPSA) is 17.8 Å². The Hall–Kier alpha value is -2.39. The predicted octanol–water partition coefficient (Wildman–Crippen LogP) is 5.46. The molecule has 0 bridgehead atoms. The summed E-state index contributed by atoms with van der Waals surface area (Å²) in [6.45, 7) is 0. The summed E-state index contributed by atoms with van der Waals surface area (Å²) in [7, 11) is 0. The lowest BCUT2D eigenvalue weighted by Crippen LogP contribution is -1.96. The molecular formula is C19H13BrN2. The fraction of sp³-hybridized carbons (Fsp3) is 0. The first-order chi connectivity index (χ1) is 10.8. The average molecular weight is 349 g/mol. The van der Waals surface area contributed by atoms with E-state index in [2.05, 4.69) is 58.4 Å². The van der Waals surface area contributed by atoms with Crippen LogP contribution in [0.25, 0.3) is 27.8 Å². The van der Waals surface area contributed by atoms with E-state index in [4.69, 9.17) is 5.10 Å². The van der Waals surface area contributed by atoms with Crippen LogP contribution in [0.1, 0.15) is 0 Å². The molecule has 3 heteroatoms. The molecule has 0 aliphatic heterocycles. The maximum absolute atomic E-state index is 4.87. The van der Waals surface area contributed by atoms with E-state index in [0.717, 1.165) is 32.3 Å². The molecule has 2 nitrogen and oxygen atoms in total. The summed E-state index contributed by atoms with van der Waals surface area (Å²) < 4.78 is 3.05. The van der Waals surface area contributed by atoms with Crippen molar-refractivity contribution in [2.75, 3.05) is 0 Å². The van der Waals surface area contributed by atoms with Crippen molar-refractivity contribution in [2.45, 2.75) is 0 Å². The molecule has 0 aliphatic rings. The van der Waals surface area contributed by atoms with Crippen molar-refractivity contribution in [3.05, 3.63) is 83.3 Å². The second-order valence-electron chi connectivity index (χ2n) is 5.12. The summed E-state index contributed by atoms with van der Waals surface area (Å²) in [6, 6.07) is 26.8. The molecule has 1 aromatic heterocycles. The van der Waals surface area contributed by atoms with Crippen LogP contribution in [0.5, 0.6) is 0 Å². The van der Waals surface area contributed by atoms with Crippen LogP contribution in [-0.2, 0) is 0 Å². The molecule has 0 N–H and O–H groups in total. The Morgan fingerprint density at radius 1 is 0.773 bits per heavy atom. The van der Waals surface area contributed by atoms with Gasteiger partial charge >= 0.3 is 0 Å². The number of hydrogen-bond donors (Lipinski definition) is 0. The van der Waals surface area contributed by atoms with Crippen molar-refractivity contribution in [2.24, 2.45) is 0 Å². The Bertz CT molecular complexity index is 942. The number of aromatic nitrogens is 2. The summed E-state index contributed by atoms with van der Waals surface area (Å²) in [5.41, 5.74) is 4.30.